The van der Waals surface area contributed by atoms with Crippen molar-refractivity contribution >= 4 is 40.5 Å². The number of likely N-dealkylation sites (N-methyl/N-ethyl adjacent to an activating group) is 1. The summed E-state index contributed by atoms with van der Waals surface area (Å²) in [7, 11) is 2.09. The summed E-state index contributed by atoms with van der Waals surface area (Å²) in [5, 5.41) is 9.38. The Morgan fingerprint density at radius 1 is 1.06 bits per heavy atom. The van der Waals surface area contributed by atoms with E-state index in [1.807, 2.05) is 55.1 Å². The second-order valence-corrected chi connectivity index (χ2v) is 7.76. The molecule has 176 valence electrons. The number of aromatic amines is 1. The number of nitrogens with one attached hydrogen (secondary N) is 2. The van der Waals surface area contributed by atoms with E-state index in [0.29, 0.717) is 28.3 Å². The molecule has 2 aromatic heterocycles. The topological polar surface area (TPSA) is 137 Å². The zero-order chi connectivity index (χ0) is 24.2. The number of anilines is 2. The van der Waals surface area contributed by atoms with Crippen LogP contribution in [0, 0.1) is 5.92 Å². The normalized spacial score (nSPS) is 13.4. The molecule has 0 bridgehead atoms. The number of hydrogen-bond acceptors (Lipinski definition) is 7. The third-order valence-corrected chi connectivity index (χ3v) is 4.86. The van der Waals surface area contributed by atoms with Crippen molar-refractivity contribution in [3.8, 4) is 0 Å². The van der Waals surface area contributed by atoms with Crippen LogP contribution in [0.3, 0.4) is 0 Å². The largest absolute Gasteiger partial charge is 0.383 e. The summed E-state index contributed by atoms with van der Waals surface area (Å²) < 4.78 is 0. The highest BCUT2D eigenvalue weighted by Crippen LogP contribution is 2.23. The predicted octanol–water partition coefficient (Wildman–Crippen LogP) is 1.78. The minimum atomic E-state index is -0.752. The molecule has 4 N–H and O–H groups in total. The van der Waals surface area contributed by atoms with Crippen LogP contribution < -0.4 is 11.1 Å². The summed E-state index contributed by atoms with van der Waals surface area (Å²) in [6.07, 6.45) is 3.03. The monoisotopic (exact) mass is 453 g/mol. The predicted molar refractivity (Wildman–Crippen MR) is 128 cm³/mol. The summed E-state index contributed by atoms with van der Waals surface area (Å²) in [5.74, 6) is -0.00294. The number of pyridine rings is 1. The Morgan fingerprint density at radius 2 is 1.64 bits per heavy atom. The van der Waals surface area contributed by atoms with Gasteiger partial charge in [0.05, 0.1) is 29.0 Å². The van der Waals surface area contributed by atoms with Crippen LogP contribution in [0.5, 0.6) is 0 Å². The summed E-state index contributed by atoms with van der Waals surface area (Å²) in [6.45, 7) is 7.74. The van der Waals surface area contributed by atoms with Crippen molar-refractivity contribution in [3.05, 3.63) is 48.8 Å². The summed E-state index contributed by atoms with van der Waals surface area (Å²) in [5.41, 5.74) is 6.49. The quantitative estimate of drug-likeness (QED) is 0.406. The van der Waals surface area contributed by atoms with Crippen LogP contribution in [0.2, 0.25) is 0 Å². The fourth-order valence-corrected chi connectivity index (χ4v) is 2.99. The second-order valence-electron chi connectivity index (χ2n) is 7.76. The molecule has 3 aromatic rings. The SMILES string of the molecule is CC(C)C(=O)N1CCN(C)CC1.Nc1ncc(NC(=O)C=O)c2[nH]ncc12.c1ccccc1. The highest BCUT2D eigenvalue weighted by molar-refractivity contribution is 6.30. The van der Waals surface area contributed by atoms with Gasteiger partial charge in [0.15, 0.2) is 0 Å². The lowest BCUT2D eigenvalue weighted by atomic mass is 10.2. The van der Waals surface area contributed by atoms with Crippen molar-refractivity contribution < 1.29 is 14.4 Å². The van der Waals surface area contributed by atoms with Crippen molar-refractivity contribution in [2.24, 2.45) is 5.92 Å². The molecule has 0 unspecified atom stereocenters. The van der Waals surface area contributed by atoms with Gasteiger partial charge < -0.3 is 20.9 Å². The maximum Gasteiger partial charge on any atom is 0.288 e. The number of H-pyrrole nitrogens is 1. The van der Waals surface area contributed by atoms with Gasteiger partial charge in [-0.25, -0.2) is 4.98 Å². The Bertz CT molecular complexity index is 1000. The number of piperazine rings is 1. The number of carbonyl (C=O) groups is 3. The fourth-order valence-electron chi connectivity index (χ4n) is 2.99. The molecule has 0 radical (unpaired) electrons. The number of rotatable bonds is 3. The van der Waals surface area contributed by atoms with Crippen LogP contribution in [0.15, 0.2) is 48.8 Å². The molecule has 0 spiro atoms. The minimum absolute atomic E-state index is 0.147. The van der Waals surface area contributed by atoms with E-state index < -0.39 is 5.91 Å². The highest BCUT2D eigenvalue weighted by atomic mass is 16.2. The van der Waals surface area contributed by atoms with Gasteiger partial charge in [-0.05, 0) is 7.05 Å². The molecule has 3 heterocycles. The first-order valence-corrected chi connectivity index (χ1v) is 10.6. The number of benzene rings is 1. The number of aromatic nitrogens is 3. The Labute approximate surface area is 193 Å². The molecule has 10 heteroatoms. The zero-order valence-electron chi connectivity index (χ0n) is 19.2. The molecule has 2 amide bonds. The van der Waals surface area contributed by atoms with Crippen LogP contribution in [0.25, 0.3) is 10.9 Å². The first-order chi connectivity index (χ1) is 15.8. The standard InChI is InChI=1S/C9H18N2O.C8H7N5O2.C6H6/c1-8(2)9(12)11-6-4-10(3)5-7-11;9-8-4-1-11-13-7(4)5(2-10-8)12-6(15)3-14;1-2-4-6-5-3-1/h8H,4-7H2,1-3H3;1-3H,(H2,9,10)(H,11,13)(H,12,15);1-6H. The van der Waals surface area contributed by atoms with E-state index in [1.165, 1.54) is 12.4 Å². The van der Waals surface area contributed by atoms with Crippen LogP contribution in [0.1, 0.15) is 13.8 Å². The third-order valence-electron chi connectivity index (χ3n) is 4.86. The lowest BCUT2D eigenvalue weighted by Gasteiger charge is -2.33. The molecule has 1 fully saturated rings. The number of nitrogens with zero attached hydrogens (tertiary/aromatic N) is 4. The van der Waals surface area contributed by atoms with E-state index >= 15 is 0 Å². The molecule has 1 aliphatic heterocycles. The lowest BCUT2D eigenvalue weighted by Crippen LogP contribution is -2.48. The maximum absolute atomic E-state index is 11.5. The second kappa shape index (κ2) is 12.9. The molecule has 1 aliphatic rings. The third kappa shape index (κ3) is 8.00. The van der Waals surface area contributed by atoms with Crippen molar-refractivity contribution in [1.29, 1.82) is 0 Å². The minimum Gasteiger partial charge on any atom is -0.383 e. The molecule has 4 rings (SSSR count). The average molecular weight is 454 g/mol. The van der Waals surface area contributed by atoms with Crippen LogP contribution in [-0.2, 0) is 14.4 Å². The number of fused-ring (bicyclic) bond motifs is 1. The number of nitrogens with two attached hydrogens (primary N) is 1. The number of hydrogen-bond donors (Lipinski definition) is 3. The van der Waals surface area contributed by atoms with Crippen LogP contribution in [0.4, 0.5) is 11.5 Å². The van der Waals surface area contributed by atoms with Gasteiger partial charge in [-0.1, -0.05) is 50.2 Å². The number of amides is 2. The molecule has 33 heavy (non-hydrogen) atoms. The van der Waals surface area contributed by atoms with Crippen molar-refractivity contribution in [3.63, 3.8) is 0 Å². The molecule has 0 atom stereocenters. The number of aldehydes is 1. The molecule has 0 saturated carbocycles. The van der Waals surface area contributed by atoms with Gasteiger partial charge >= 0.3 is 0 Å². The Morgan fingerprint density at radius 3 is 2.15 bits per heavy atom. The van der Waals surface area contributed by atoms with Crippen molar-refractivity contribution in [2.75, 3.05) is 44.3 Å². The molecule has 0 aliphatic carbocycles. The fraction of sp³-hybridized carbons (Fsp3) is 0.348. The van der Waals surface area contributed by atoms with E-state index in [1.54, 1.807) is 0 Å². The number of carbonyl (C=O) groups excluding carboxylic acids is 3. The van der Waals surface area contributed by atoms with Crippen molar-refractivity contribution in [2.45, 2.75) is 13.8 Å². The van der Waals surface area contributed by atoms with Gasteiger partial charge in [0.25, 0.3) is 5.91 Å². The Hall–Kier alpha value is -3.79. The van der Waals surface area contributed by atoms with Crippen LogP contribution >= 0.6 is 0 Å². The summed E-state index contributed by atoms with van der Waals surface area (Å²) in [6, 6.07) is 12.0. The number of nitrogen functional groups attached to an aromatic ring is 1. The molecule has 1 aromatic carbocycles. The van der Waals surface area contributed by atoms with E-state index in [0.717, 1.165) is 26.2 Å². The Balaban J connectivity index is 0.000000191. The maximum atomic E-state index is 11.5. The highest BCUT2D eigenvalue weighted by Gasteiger charge is 2.20. The summed E-state index contributed by atoms with van der Waals surface area (Å²) >= 11 is 0. The van der Waals surface area contributed by atoms with Gasteiger partial charge in [0, 0.05) is 32.1 Å². The van der Waals surface area contributed by atoms with E-state index in [2.05, 4.69) is 32.4 Å². The van der Waals surface area contributed by atoms with E-state index in [-0.39, 0.29) is 12.2 Å². The first kappa shape index (κ1) is 25.5. The van der Waals surface area contributed by atoms with Gasteiger partial charge in [0.2, 0.25) is 12.2 Å². The van der Waals surface area contributed by atoms with E-state index in [4.69, 9.17) is 5.73 Å². The molecular formula is C23H31N7O3. The Kier molecular flexibility index (Phi) is 9.97. The van der Waals surface area contributed by atoms with Gasteiger partial charge in [0.1, 0.15) is 5.82 Å². The smallest absolute Gasteiger partial charge is 0.288 e. The molecule has 10 nitrogen and oxygen atoms in total. The average Bonchev–Trinajstić information content (AvgIpc) is 3.34. The summed E-state index contributed by atoms with van der Waals surface area (Å²) in [4.78, 5) is 40.6. The van der Waals surface area contributed by atoms with Crippen molar-refractivity contribution in [1.82, 2.24) is 25.0 Å². The van der Waals surface area contributed by atoms with Gasteiger partial charge in [-0.3, -0.25) is 19.5 Å². The van der Waals surface area contributed by atoms with Crippen LogP contribution in [-0.4, -0.2) is 76.3 Å². The zero-order valence-corrected chi connectivity index (χ0v) is 19.2. The first-order valence-electron chi connectivity index (χ1n) is 10.6. The molecular weight excluding hydrogens is 422 g/mol. The van der Waals surface area contributed by atoms with Gasteiger partial charge in [-0.15, -0.1) is 0 Å². The van der Waals surface area contributed by atoms with E-state index in [9.17, 15) is 14.4 Å². The lowest BCUT2D eigenvalue weighted by molar-refractivity contribution is -0.136. The molecule has 1 saturated heterocycles. The van der Waals surface area contributed by atoms with Gasteiger partial charge in [-0.2, -0.15) is 5.10 Å².